The zero-order chi connectivity index (χ0) is 13.7. The lowest BCUT2D eigenvalue weighted by Gasteiger charge is -2.21. The number of primary amides is 1. The second-order valence-corrected chi connectivity index (χ2v) is 6.82. The Morgan fingerprint density at radius 2 is 1.84 bits per heavy atom. The van der Waals surface area contributed by atoms with Crippen LogP contribution < -0.4 is 5.73 Å². The van der Waals surface area contributed by atoms with Gasteiger partial charge in [0.25, 0.3) is 5.91 Å². The largest absolute Gasteiger partial charge is 0.452 e. The highest BCUT2D eigenvalue weighted by atomic mass is 32.2. The van der Waals surface area contributed by atoms with E-state index in [2.05, 4.69) is 0 Å². The molecule has 0 saturated carbocycles. The molecule has 0 radical (unpaired) electrons. The number of hydrogen-bond acceptors (Lipinski definition) is 5. The Labute approximate surface area is 120 Å². The number of thioether (sulfide) groups is 2. The number of hydrogen-bond donors (Lipinski definition) is 1. The number of carbonyl (C=O) groups is 2. The lowest BCUT2D eigenvalue weighted by Crippen LogP contribution is -2.20. The monoisotopic (exact) mass is 297 g/mol. The van der Waals surface area contributed by atoms with Gasteiger partial charge in [-0.15, -0.1) is 23.5 Å². The first-order valence-electron chi connectivity index (χ1n) is 5.95. The Bertz CT molecular complexity index is 455. The summed E-state index contributed by atoms with van der Waals surface area (Å²) in [5.41, 5.74) is 6.57. The minimum absolute atomic E-state index is 0.380. The molecule has 1 aromatic rings. The van der Waals surface area contributed by atoms with Crippen LogP contribution in [0.3, 0.4) is 0 Å². The van der Waals surface area contributed by atoms with Crippen molar-refractivity contribution in [1.29, 1.82) is 0 Å². The molecule has 2 N–H and O–H groups in total. The van der Waals surface area contributed by atoms with E-state index in [4.69, 9.17) is 10.5 Å². The molecule has 1 aliphatic heterocycles. The van der Waals surface area contributed by atoms with Gasteiger partial charge in [-0.05, 0) is 35.6 Å². The van der Waals surface area contributed by atoms with Crippen LogP contribution in [0.5, 0.6) is 0 Å². The molecule has 1 saturated heterocycles. The third-order valence-electron chi connectivity index (χ3n) is 2.59. The Balaban J connectivity index is 1.97. The third kappa shape index (κ3) is 4.18. The fourth-order valence-electron chi connectivity index (χ4n) is 1.68. The van der Waals surface area contributed by atoms with Gasteiger partial charge in [0.15, 0.2) is 6.61 Å². The van der Waals surface area contributed by atoms with E-state index in [1.807, 2.05) is 35.7 Å². The van der Waals surface area contributed by atoms with E-state index < -0.39 is 11.9 Å². The molecular formula is C13H15NO3S2. The second-order valence-electron chi connectivity index (χ2n) is 4.09. The number of esters is 1. The van der Waals surface area contributed by atoms with Crippen LogP contribution in [0.4, 0.5) is 0 Å². The second kappa shape index (κ2) is 6.86. The van der Waals surface area contributed by atoms with Crippen LogP contribution in [-0.4, -0.2) is 30.0 Å². The fraction of sp³-hybridized carbons (Fsp3) is 0.385. The van der Waals surface area contributed by atoms with Gasteiger partial charge in [-0.3, -0.25) is 4.79 Å². The first-order chi connectivity index (χ1) is 9.16. The average molecular weight is 297 g/mol. The highest BCUT2D eigenvalue weighted by Crippen LogP contribution is 2.43. The van der Waals surface area contributed by atoms with Crippen molar-refractivity contribution in [2.24, 2.45) is 5.73 Å². The number of nitrogens with two attached hydrogens (primary N) is 1. The van der Waals surface area contributed by atoms with Gasteiger partial charge in [-0.2, -0.15) is 0 Å². The van der Waals surface area contributed by atoms with Gasteiger partial charge >= 0.3 is 5.97 Å². The summed E-state index contributed by atoms with van der Waals surface area (Å²) >= 11 is 3.86. The molecule has 1 aliphatic rings. The Morgan fingerprint density at radius 3 is 2.42 bits per heavy atom. The Kier molecular flexibility index (Phi) is 5.15. The molecule has 0 spiro atoms. The molecule has 0 aromatic heterocycles. The zero-order valence-corrected chi connectivity index (χ0v) is 12.0. The van der Waals surface area contributed by atoms with Crippen LogP contribution in [0.1, 0.15) is 26.9 Å². The first-order valence-corrected chi connectivity index (χ1v) is 8.05. The highest BCUT2D eigenvalue weighted by molar-refractivity contribution is 8.16. The van der Waals surface area contributed by atoms with Crippen molar-refractivity contribution < 1.29 is 14.3 Å². The Morgan fingerprint density at radius 1 is 1.21 bits per heavy atom. The van der Waals surface area contributed by atoms with E-state index in [1.54, 1.807) is 12.1 Å². The van der Waals surface area contributed by atoms with E-state index in [0.29, 0.717) is 10.1 Å². The summed E-state index contributed by atoms with van der Waals surface area (Å²) in [7, 11) is 0. The SMILES string of the molecule is NC(=O)COC(=O)c1ccc(C2SCCCS2)cc1. The normalized spacial score (nSPS) is 16.0. The van der Waals surface area contributed by atoms with Gasteiger partial charge in [0.05, 0.1) is 10.1 Å². The summed E-state index contributed by atoms with van der Waals surface area (Å²) in [4.78, 5) is 22.1. The molecule has 1 amide bonds. The third-order valence-corrected chi connectivity index (χ3v) is 5.61. The van der Waals surface area contributed by atoms with Crippen molar-refractivity contribution in [2.45, 2.75) is 11.0 Å². The summed E-state index contributed by atoms with van der Waals surface area (Å²) in [6.07, 6.45) is 1.25. The molecule has 19 heavy (non-hydrogen) atoms. The Hall–Kier alpha value is -1.14. The number of amides is 1. The minimum Gasteiger partial charge on any atom is -0.452 e. The van der Waals surface area contributed by atoms with E-state index in [0.717, 1.165) is 0 Å². The van der Waals surface area contributed by atoms with Gasteiger partial charge in [-0.1, -0.05) is 12.1 Å². The van der Waals surface area contributed by atoms with Crippen molar-refractivity contribution in [2.75, 3.05) is 18.1 Å². The lowest BCUT2D eigenvalue weighted by atomic mass is 10.1. The number of carbonyl (C=O) groups excluding carboxylic acids is 2. The molecule has 1 fully saturated rings. The van der Waals surface area contributed by atoms with Crippen molar-refractivity contribution in [3.63, 3.8) is 0 Å². The predicted molar refractivity (Wildman–Crippen MR) is 78.2 cm³/mol. The number of benzene rings is 1. The molecule has 0 aliphatic carbocycles. The van der Waals surface area contributed by atoms with Gasteiger partial charge in [0, 0.05) is 0 Å². The standard InChI is InChI=1S/C13H15NO3S2/c14-11(15)8-17-12(16)9-2-4-10(5-3-9)13-18-6-1-7-19-13/h2-5,13H,1,6-8H2,(H2,14,15). The number of ether oxygens (including phenoxy) is 1. The van der Waals surface area contributed by atoms with Crippen molar-refractivity contribution in [1.82, 2.24) is 0 Å². The van der Waals surface area contributed by atoms with Crippen molar-refractivity contribution in [3.8, 4) is 0 Å². The van der Waals surface area contributed by atoms with Crippen molar-refractivity contribution in [3.05, 3.63) is 35.4 Å². The van der Waals surface area contributed by atoms with E-state index in [-0.39, 0.29) is 6.61 Å². The fourth-order valence-corrected chi connectivity index (χ4v) is 4.57. The molecule has 0 unspecified atom stereocenters. The molecule has 6 heteroatoms. The lowest BCUT2D eigenvalue weighted by molar-refractivity contribution is -0.121. The maximum absolute atomic E-state index is 11.6. The molecule has 0 atom stereocenters. The minimum atomic E-state index is -0.653. The molecule has 1 aromatic carbocycles. The molecule has 2 rings (SSSR count). The molecule has 4 nitrogen and oxygen atoms in total. The quantitative estimate of drug-likeness (QED) is 0.863. The van der Waals surface area contributed by atoms with Gasteiger partial charge in [0.2, 0.25) is 0 Å². The topological polar surface area (TPSA) is 69.4 Å². The summed E-state index contributed by atoms with van der Waals surface area (Å²) in [5, 5.41) is 0. The van der Waals surface area contributed by atoms with E-state index >= 15 is 0 Å². The van der Waals surface area contributed by atoms with Gasteiger partial charge in [-0.25, -0.2) is 4.79 Å². The average Bonchev–Trinajstić information content (AvgIpc) is 2.46. The van der Waals surface area contributed by atoms with Gasteiger partial charge in [0.1, 0.15) is 0 Å². The van der Waals surface area contributed by atoms with Crippen LogP contribution >= 0.6 is 23.5 Å². The first kappa shape index (κ1) is 14.3. The van der Waals surface area contributed by atoms with Crippen LogP contribution in [0, 0.1) is 0 Å². The summed E-state index contributed by atoms with van der Waals surface area (Å²) in [6, 6.07) is 7.34. The molecule has 1 heterocycles. The molecule has 102 valence electrons. The molecular weight excluding hydrogens is 282 g/mol. The van der Waals surface area contributed by atoms with Crippen LogP contribution in [-0.2, 0) is 9.53 Å². The van der Waals surface area contributed by atoms with Crippen molar-refractivity contribution >= 4 is 35.4 Å². The zero-order valence-electron chi connectivity index (χ0n) is 10.3. The van der Waals surface area contributed by atoms with Gasteiger partial charge < -0.3 is 10.5 Å². The van der Waals surface area contributed by atoms with Crippen LogP contribution in [0.2, 0.25) is 0 Å². The maximum atomic E-state index is 11.6. The van der Waals surface area contributed by atoms with Crippen LogP contribution in [0.15, 0.2) is 24.3 Å². The highest BCUT2D eigenvalue weighted by Gasteiger charge is 2.17. The summed E-state index contributed by atoms with van der Waals surface area (Å²) in [5.74, 6) is 1.19. The summed E-state index contributed by atoms with van der Waals surface area (Å²) < 4.78 is 5.20. The maximum Gasteiger partial charge on any atom is 0.338 e. The van der Waals surface area contributed by atoms with E-state index in [9.17, 15) is 9.59 Å². The molecule has 0 bridgehead atoms. The van der Waals surface area contributed by atoms with E-state index in [1.165, 1.54) is 23.5 Å². The number of rotatable bonds is 4. The predicted octanol–water partition coefficient (Wildman–Crippen LogP) is 2.20. The summed E-state index contributed by atoms with van der Waals surface area (Å²) in [6.45, 7) is -0.380. The van der Waals surface area contributed by atoms with Crippen LogP contribution in [0.25, 0.3) is 0 Å². The smallest absolute Gasteiger partial charge is 0.338 e.